The highest BCUT2D eigenvalue weighted by Gasteiger charge is 2.28. The van der Waals surface area contributed by atoms with Crippen molar-refractivity contribution in [2.75, 3.05) is 37.0 Å². The summed E-state index contributed by atoms with van der Waals surface area (Å²) in [6, 6.07) is 2.00. The van der Waals surface area contributed by atoms with Crippen molar-refractivity contribution in [3.05, 3.63) is 12.4 Å². The van der Waals surface area contributed by atoms with Gasteiger partial charge >= 0.3 is 0 Å². The molecule has 1 aromatic rings. The third kappa shape index (κ3) is 3.98. The van der Waals surface area contributed by atoms with E-state index in [0.717, 1.165) is 63.3 Å². The lowest BCUT2D eigenvalue weighted by Crippen LogP contribution is -2.32. The minimum Gasteiger partial charge on any atom is -0.393 e. The maximum atomic E-state index is 10.0. The minimum atomic E-state index is -0.180. The molecule has 0 aromatic carbocycles. The highest BCUT2D eigenvalue weighted by atomic mass is 16.3. The van der Waals surface area contributed by atoms with Crippen LogP contribution in [0, 0.1) is 11.8 Å². The quantitative estimate of drug-likeness (QED) is 0.824. The van der Waals surface area contributed by atoms with Crippen molar-refractivity contribution in [2.45, 2.75) is 50.7 Å². The van der Waals surface area contributed by atoms with Crippen LogP contribution in [-0.2, 0) is 0 Å². The van der Waals surface area contributed by atoms with Crippen molar-refractivity contribution in [1.29, 1.82) is 0 Å². The number of rotatable bonds is 6. The number of aromatic nitrogens is 2. The van der Waals surface area contributed by atoms with Crippen LogP contribution in [0.5, 0.6) is 0 Å². The molecule has 0 unspecified atom stereocenters. The highest BCUT2D eigenvalue weighted by Crippen LogP contribution is 2.29. The molecule has 1 aromatic heterocycles. The Morgan fingerprint density at radius 3 is 1.71 bits per heavy atom. The van der Waals surface area contributed by atoms with Crippen LogP contribution in [0.3, 0.4) is 0 Å². The van der Waals surface area contributed by atoms with E-state index in [0.29, 0.717) is 11.8 Å². The summed E-state index contributed by atoms with van der Waals surface area (Å²) in [5.74, 6) is 2.44. The van der Waals surface area contributed by atoms with E-state index in [9.17, 15) is 10.2 Å². The average molecular weight is 334 g/mol. The Morgan fingerprint density at radius 2 is 1.33 bits per heavy atom. The molecule has 2 aliphatic rings. The van der Waals surface area contributed by atoms with Crippen molar-refractivity contribution in [2.24, 2.45) is 11.8 Å². The van der Waals surface area contributed by atoms with Gasteiger partial charge in [-0.05, 0) is 25.7 Å². The summed E-state index contributed by atoms with van der Waals surface area (Å²) < 4.78 is 0. The predicted molar refractivity (Wildman–Crippen MR) is 95.3 cm³/mol. The summed E-state index contributed by atoms with van der Waals surface area (Å²) in [4.78, 5) is 13.0. The molecule has 0 amide bonds. The van der Waals surface area contributed by atoms with Gasteiger partial charge in [0.15, 0.2) is 0 Å². The standard InChI is InChI=1S/C18H30N4O2/c1-21(10-13-5-3-7-15(13)23)17-9-18(20-12-19-17)22(2)11-14-6-4-8-16(14)24/h9,12-16,23-24H,3-8,10-11H2,1-2H3/t13-,14+,15-,16+. The highest BCUT2D eigenvalue weighted by molar-refractivity contribution is 5.49. The fraction of sp³-hybridized carbons (Fsp3) is 0.778. The van der Waals surface area contributed by atoms with Crippen molar-refractivity contribution in [3.63, 3.8) is 0 Å². The molecule has 1 heterocycles. The Hall–Kier alpha value is -1.40. The van der Waals surface area contributed by atoms with E-state index in [1.807, 2.05) is 20.2 Å². The Labute approximate surface area is 144 Å². The summed E-state index contributed by atoms with van der Waals surface area (Å²) in [6.07, 6.45) is 7.47. The first-order chi connectivity index (χ1) is 11.5. The zero-order valence-electron chi connectivity index (χ0n) is 14.8. The van der Waals surface area contributed by atoms with Gasteiger partial charge < -0.3 is 20.0 Å². The lowest BCUT2D eigenvalue weighted by molar-refractivity contribution is 0.135. The molecule has 6 nitrogen and oxygen atoms in total. The van der Waals surface area contributed by atoms with Crippen molar-refractivity contribution in [3.8, 4) is 0 Å². The molecule has 0 radical (unpaired) electrons. The second-order valence-corrected chi connectivity index (χ2v) is 7.51. The van der Waals surface area contributed by atoms with Crippen molar-refractivity contribution < 1.29 is 10.2 Å². The predicted octanol–water partition coefficient (Wildman–Crippen LogP) is 1.67. The van der Waals surface area contributed by atoms with E-state index >= 15 is 0 Å². The molecule has 4 atom stereocenters. The van der Waals surface area contributed by atoms with E-state index in [2.05, 4.69) is 19.8 Å². The second-order valence-electron chi connectivity index (χ2n) is 7.51. The topological polar surface area (TPSA) is 72.7 Å². The second kappa shape index (κ2) is 7.66. The van der Waals surface area contributed by atoms with Gasteiger partial charge in [0.1, 0.15) is 18.0 Å². The molecule has 0 bridgehead atoms. The lowest BCUT2D eigenvalue weighted by atomic mass is 10.1. The van der Waals surface area contributed by atoms with Crippen LogP contribution in [0.15, 0.2) is 12.4 Å². The monoisotopic (exact) mass is 334 g/mol. The molecule has 24 heavy (non-hydrogen) atoms. The van der Waals surface area contributed by atoms with E-state index in [-0.39, 0.29) is 12.2 Å². The molecule has 3 rings (SSSR count). The molecular formula is C18H30N4O2. The van der Waals surface area contributed by atoms with Crippen LogP contribution in [0.1, 0.15) is 38.5 Å². The van der Waals surface area contributed by atoms with Gasteiger partial charge in [0.25, 0.3) is 0 Å². The van der Waals surface area contributed by atoms with E-state index in [4.69, 9.17) is 0 Å². The van der Waals surface area contributed by atoms with Gasteiger partial charge in [0.2, 0.25) is 0 Å². The third-order valence-corrected chi connectivity index (χ3v) is 5.68. The number of hydrogen-bond acceptors (Lipinski definition) is 6. The number of aliphatic hydroxyl groups is 2. The van der Waals surface area contributed by atoms with E-state index in [1.54, 1.807) is 6.33 Å². The number of nitrogens with zero attached hydrogens (tertiary/aromatic N) is 4. The first-order valence-electron chi connectivity index (χ1n) is 9.15. The summed E-state index contributed by atoms with van der Waals surface area (Å²) in [5.41, 5.74) is 0. The van der Waals surface area contributed by atoms with Gasteiger partial charge in [-0.1, -0.05) is 12.8 Å². The average Bonchev–Trinajstić information content (AvgIpc) is 3.16. The van der Waals surface area contributed by atoms with Crippen LogP contribution >= 0.6 is 0 Å². The molecule has 2 saturated carbocycles. The maximum absolute atomic E-state index is 10.0. The molecule has 0 aliphatic heterocycles. The summed E-state index contributed by atoms with van der Waals surface area (Å²) in [5, 5.41) is 20.0. The fourth-order valence-electron chi connectivity index (χ4n) is 4.11. The lowest BCUT2D eigenvalue weighted by Gasteiger charge is -2.27. The molecule has 2 N–H and O–H groups in total. The number of hydrogen-bond donors (Lipinski definition) is 2. The molecule has 2 aliphatic carbocycles. The summed E-state index contributed by atoms with van der Waals surface area (Å²) in [6.45, 7) is 1.64. The molecule has 0 spiro atoms. The number of anilines is 2. The fourth-order valence-corrected chi connectivity index (χ4v) is 4.11. The van der Waals surface area contributed by atoms with Crippen LogP contribution in [0.4, 0.5) is 11.6 Å². The van der Waals surface area contributed by atoms with Gasteiger partial charge in [-0.15, -0.1) is 0 Å². The maximum Gasteiger partial charge on any atom is 0.133 e. The van der Waals surface area contributed by atoms with Crippen LogP contribution in [-0.4, -0.2) is 59.6 Å². The van der Waals surface area contributed by atoms with Gasteiger partial charge in [0, 0.05) is 45.1 Å². The minimum absolute atomic E-state index is 0.180. The van der Waals surface area contributed by atoms with Gasteiger partial charge in [-0.3, -0.25) is 0 Å². The molecule has 2 fully saturated rings. The molecule has 6 heteroatoms. The van der Waals surface area contributed by atoms with Gasteiger partial charge in [-0.2, -0.15) is 0 Å². The zero-order chi connectivity index (χ0) is 17.1. The zero-order valence-corrected chi connectivity index (χ0v) is 14.8. The van der Waals surface area contributed by atoms with Crippen LogP contribution < -0.4 is 9.80 Å². The first-order valence-corrected chi connectivity index (χ1v) is 9.15. The SMILES string of the molecule is CN(C[C@H]1CCC[C@H]1O)c1cc(N(C)C[C@@H]2CCC[C@@H]2O)ncn1. The largest absolute Gasteiger partial charge is 0.393 e. The third-order valence-electron chi connectivity index (χ3n) is 5.68. The smallest absolute Gasteiger partial charge is 0.133 e. The molecular weight excluding hydrogens is 304 g/mol. The number of aliphatic hydroxyl groups excluding tert-OH is 2. The van der Waals surface area contributed by atoms with Crippen molar-refractivity contribution >= 4 is 11.6 Å². The Bertz CT molecular complexity index is 498. The summed E-state index contributed by atoms with van der Waals surface area (Å²) in [7, 11) is 4.05. The van der Waals surface area contributed by atoms with Gasteiger partial charge in [0.05, 0.1) is 12.2 Å². The van der Waals surface area contributed by atoms with E-state index < -0.39 is 0 Å². The first kappa shape index (κ1) is 17.4. The Kier molecular flexibility index (Phi) is 5.56. The Balaban J connectivity index is 1.62. The van der Waals surface area contributed by atoms with Crippen LogP contribution in [0.25, 0.3) is 0 Å². The van der Waals surface area contributed by atoms with Gasteiger partial charge in [-0.25, -0.2) is 9.97 Å². The Morgan fingerprint density at radius 1 is 0.875 bits per heavy atom. The van der Waals surface area contributed by atoms with Crippen molar-refractivity contribution in [1.82, 2.24) is 9.97 Å². The normalized spacial score (nSPS) is 29.8. The molecule has 134 valence electrons. The van der Waals surface area contributed by atoms with E-state index in [1.165, 1.54) is 0 Å². The van der Waals surface area contributed by atoms with Crippen LogP contribution in [0.2, 0.25) is 0 Å². The summed E-state index contributed by atoms with van der Waals surface area (Å²) >= 11 is 0. The molecule has 0 saturated heterocycles.